The second-order valence-corrected chi connectivity index (χ2v) is 9.03. The van der Waals surface area contributed by atoms with Crippen molar-refractivity contribution in [1.82, 2.24) is 10.6 Å². The molecule has 2 saturated carbocycles. The van der Waals surface area contributed by atoms with E-state index >= 15 is 0 Å². The Balaban J connectivity index is 1.83. The van der Waals surface area contributed by atoms with Crippen LogP contribution in [0.25, 0.3) is 0 Å². The van der Waals surface area contributed by atoms with E-state index in [0.717, 1.165) is 19.3 Å². The molecule has 0 aromatic heterocycles. The topological polar surface area (TPSA) is 78.4 Å². The van der Waals surface area contributed by atoms with E-state index < -0.39 is 29.9 Å². The predicted octanol–water partition coefficient (Wildman–Crippen LogP) is 3.76. The molecule has 0 aliphatic heterocycles. The third-order valence-electron chi connectivity index (χ3n) is 6.14. The van der Waals surface area contributed by atoms with Crippen molar-refractivity contribution >= 4 is 35.0 Å². The molecule has 1 aromatic rings. The second-order valence-electron chi connectivity index (χ2n) is 8.25. The van der Waals surface area contributed by atoms with Gasteiger partial charge in [-0.2, -0.15) is 0 Å². The summed E-state index contributed by atoms with van der Waals surface area (Å²) >= 11 is 12.4. The van der Waals surface area contributed by atoms with Crippen LogP contribution in [-0.2, 0) is 9.59 Å². The summed E-state index contributed by atoms with van der Waals surface area (Å²) in [6.07, 6.45) is 2.46. The van der Waals surface area contributed by atoms with Crippen molar-refractivity contribution in [1.29, 1.82) is 0 Å². The number of nitrogens with one attached hydrogen (secondary N) is 2. The normalized spacial score (nSPS) is 27.0. The lowest BCUT2D eigenvalue weighted by Crippen LogP contribution is -2.45. The van der Waals surface area contributed by atoms with Gasteiger partial charge >= 0.3 is 0 Å². The lowest BCUT2D eigenvalue weighted by molar-refractivity contribution is -0.127. The van der Waals surface area contributed by atoms with Crippen LogP contribution in [-0.4, -0.2) is 29.1 Å². The molecule has 5 nitrogen and oxygen atoms in total. The largest absolute Gasteiger partial charge is 0.391 e. The number of carbonyl (C=O) groups is 2. The molecule has 8 heteroatoms. The van der Waals surface area contributed by atoms with Crippen molar-refractivity contribution < 1.29 is 19.1 Å². The molecule has 2 aliphatic rings. The molecule has 4 atom stereocenters. The van der Waals surface area contributed by atoms with E-state index in [9.17, 15) is 19.1 Å². The molecule has 154 valence electrons. The van der Waals surface area contributed by atoms with E-state index in [0.29, 0.717) is 6.42 Å². The van der Waals surface area contributed by atoms with E-state index in [1.807, 2.05) is 6.92 Å². The quantitative estimate of drug-likeness (QED) is 0.622. The summed E-state index contributed by atoms with van der Waals surface area (Å²) in [7, 11) is 0. The number of rotatable bonds is 5. The number of hydrogen-bond acceptors (Lipinski definition) is 3. The number of hydrogen-bond donors (Lipinski definition) is 3. The fraction of sp³-hybridized carbons (Fsp3) is 0.600. The summed E-state index contributed by atoms with van der Waals surface area (Å²) in [5.41, 5.74) is -0.110. The highest BCUT2D eigenvalue weighted by Crippen LogP contribution is 2.52. The Labute approximate surface area is 174 Å². The first-order chi connectivity index (χ1) is 13.1. The van der Waals surface area contributed by atoms with Gasteiger partial charge in [0.25, 0.3) is 0 Å². The van der Waals surface area contributed by atoms with Crippen molar-refractivity contribution in [3.8, 4) is 0 Å². The molecule has 4 unspecified atom stereocenters. The molecule has 3 N–H and O–H groups in total. The van der Waals surface area contributed by atoms with E-state index in [4.69, 9.17) is 23.2 Å². The van der Waals surface area contributed by atoms with Gasteiger partial charge in [0.15, 0.2) is 0 Å². The van der Waals surface area contributed by atoms with Crippen LogP contribution in [0, 0.1) is 17.2 Å². The molecule has 0 heterocycles. The maximum atomic E-state index is 14.7. The van der Waals surface area contributed by atoms with Gasteiger partial charge in [-0.15, -0.1) is 0 Å². The predicted molar refractivity (Wildman–Crippen MR) is 106 cm³/mol. The SMILES string of the molecule is CC(=O)NC1CC(C(=O)NC(c2c(F)ccc(Cl)c2Cl)C2(C)CCC2)CC1O. The summed E-state index contributed by atoms with van der Waals surface area (Å²) in [5.74, 6) is -1.51. The van der Waals surface area contributed by atoms with Crippen molar-refractivity contribution in [2.45, 2.75) is 64.1 Å². The lowest BCUT2D eigenvalue weighted by Gasteiger charge is -2.46. The summed E-state index contributed by atoms with van der Waals surface area (Å²) in [6.45, 7) is 3.37. The summed E-state index contributed by atoms with van der Waals surface area (Å²) in [6, 6.07) is 1.59. The first-order valence-electron chi connectivity index (χ1n) is 9.51. The monoisotopic (exact) mass is 430 g/mol. The minimum atomic E-state index is -0.788. The van der Waals surface area contributed by atoms with Gasteiger partial charge in [0.1, 0.15) is 5.82 Å². The zero-order chi connectivity index (χ0) is 20.6. The molecule has 1 aromatic carbocycles. The number of halogens is 3. The standard InChI is InChI=1S/C20H25Cl2FN2O3/c1-10(26)24-14-8-11(9-15(14)27)19(28)25-18(20(2)6-3-7-20)16-13(23)5-4-12(21)17(16)22/h4-5,11,14-15,18,27H,3,6-9H2,1-2H3,(H,24,26)(H,25,28). The average Bonchev–Trinajstić information content (AvgIpc) is 2.95. The van der Waals surface area contributed by atoms with Crippen LogP contribution in [0.2, 0.25) is 10.0 Å². The molecular formula is C20H25Cl2FN2O3. The second kappa shape index (κ2) is 8.17. The van der Waals surface area contributed by atoms with Gasteiger partial charge in [-0.1, -0.05) is 36.5 Å². The Morgan fingerprint density at radius 1 is 1.29 bits per heavy atom. The van der Waals surface area contributed by atoms with E-state index in [1.54, 1.807) is 0 Å². The fourth-order valence-electron chi connectivity index (χ4n) is 4.33. The van der Waals surface area contributed by atoms with Crippen LogP contribution in [0.15, 0.2) is 12.1 Å². The first-order valence-corrected chi connectivity index (χ1v) is 10.3. The summed E-state index contributed by atoms with van der Waals surface area (Å²) < 4.78 is 14.7. The van der Waals surface area contributed by atoms with Gasteiger partial charge in [0.2, 0.25) is 11.8 Å². The van der Waals surface area contributed by atoms with Crippen LogP contribution < -0.4 is 10.6 Å². The number of benzene rings is 1. The van der Waals surface area contributed by atoms with E-state index in [1.165, 1.54) is 19.1 Å². The summed E-state index contributed by atoms with van der Waals surface area (Å²) in [4.78, 5) is 24.2. The molecule has 0 spiro atoms. The minimum Gasteiger partial charge on any atom is -0.391 e. The maximum Gasteiger partial charge on any atom is 0.223 e. The molecule has 2 amide bonds. The van der Waals surface area contributed by atoms with Crippen LogP contribution in [0.1, 0.15) is 57.6 Å². The van der Waals surface area contributed by atoms with E-state index in [2.05, 4.69) is 10.6 Å². The molecule has 0 radical (unpaired) electrons. The zero-order valence-electron chi connectivity index (χ0n) is 15.9. The third kappa shape index (κ3) is 4.14. The van der Waals surface area contributed by atoms with Crippen LogP contribution in [0.4, 0.5) is 4.39 Å². The lowest BCUT2D eigenvalue weighted by atomic mass is 9.63. The van der Waals surface area contributed by atoms with Crippen molar-refractivity contribution in [2.24, 2.45) is 11.3 Å². The molecule has 0 bridgehead atoms. The highest BCUT2D eigenvalue weighted by atomic mass is 35.5. The molecular weight excluding hydrogens is 406 g/mol. The first kappa shape index (κ1) is 21.3. The number of amides is 2. The molecule has 2 fully saturated rings. The minimum absolute atomic E-state index is 0.114. The number of aliphatic hydroxyl groups is 1. The van der Waals surface area contributed by atoms with Crippen molar-refractivity contribution in [3.05, 3.63) is 33.6 Å². The van der Waals surface area contributed by atoms with Gasteiger partial charge in [-0.05, 0) is 43.2 Å². The molecule has 3 rings (SSSR count). The van der Waals surface area contributed by atoms with Crippen molar-refractivity contribution in [2.75, 3.05) is 0 Å². The van der Waals surface area contributed by atoms with Gasteiger partial charge in [-0.3, -0.25) is 9.59 Å². The Bertz CT molecular complexity index is 785. The van der Waals surface area contributed by atoms with Gasteiger partial charge in [0.05, 0.1) is 28.2 Å². The Kier molecular flexibility index (Phi) is 6.23. The van der Waals surface area contributed by atoms with Crippen LogP contribution >= 0.6 is 23.2 Å². The fourth-order valence-corrected chi connectivity index (χ4v) is 4.76. The highest BCUT2D eigenvalue weighted by Gasteiger charge is 2.45. The van der Waals surface area contributed by atoms with Crippen LogP contribution in [0.3, 0.4) is 0 Å². The Hall–Kier alpha value is -1.37. The molecule has 0 saturated heterocycles. The Morgan fingerprint density at radius 3 is 2.54 bits per heavy atom. The average molecular weight is 431 g/mol. The number of carbonyl (C=O) groups excluding carboxylic acids is 2. The molecule has 2 aliphatic carbocycles. The van der Waals surface area contributed by atoms with E-state index in [-0.39, 0.29) is 39.3 Å². The maximum absolute atomic E-state index is 14.7. The van der Waals surface area contributed by atoms with Gasteiger partial charge < -0.3 is 15.7 Å². The van der Waals surface area contributed by atoms with Gasteiger partial charge in [0, 0.05) is 18.4 Å². The number of aliphatic hydroxyl groups excluding tert-OH is 1. The van der Waals surface area contributed by atoms with Gasteiger partial charge in [-0.25, -0.2) is 4.39 Å². The smallest absolute Gasteiger partial charge is 0.223 e. The molecule has 28 heavy (non-hydrogen) atoms. The van der Waals surface area contributed by atoms with Crippen LogP contribution in [0.5, 0.6) is 0 Å². The van der Waals surface area contributed by atoms with Crippen molar-refractivity contribution in [3.63, 3.8) is 0 Å². The Morgan fingerprint density at radius 2 is 1.96 bits per heavy atom. The summed E-state index contributed by atoms with van der Waals surface area (Å²) in [5, 5.41) is 16.2. The zero-order valence-corrected chi connectivity index (χ0v) is 17.4. The third-order valence-corrected chi connectivity index (χ3v) is 6.95. The highest BCUT2D eigenvalue weighted by molar-refractivity contribution is 6.42.